The first-order valence-corrected chi connectivity index (χ1v) is 3.21. The zero-order valence-electron chi connectivity index (χ0n) is 4.11. The van der Waals surface area contributed by atoms with Crippen LogP contribution in [0.25, 0.3) is 0 Å². The van der Waals surface area contributed by atoms with Gasteiger partial charge in [-0.2, -0.15) is 4.39 Å². The molecule has 0 saturated heterocycles. The van der Waals surface area contributed by atoms with Crippen molar-refractivity contribution in [2.45, 2.75) is 0 Å². The molecule has 2 nitrogen and oxygen atoms in total. The molecule has 1 aromatic rings. The smallest absolute Gasteiger partial charge is 0.237 e. The van der Waals surface area contributed by atoms with Crippen LogP contribution in [0.2, 0.25) is 5.15 Å². The monoisotopic (exact) mass is 210 g/mol. The van der Waals surface area contributed by atoms with Gasteiger partial charge in [0.1, 0.15) is 4.60 Å². The first kappa shape index (κ1) is 6.89. The van der Waals surface area contributed by atoms with Crippen molar-refractivity contribution >= 4 is 27.5 Å². The predicted octanol–water partition coefficient (Wildman–Crippen LogP) is 2.03. The van der Waals surface area contributed by atoms with Crippen LogP contribution in [0.4, 0.5) is 4.39 Å². The van der Waals surface area contributed by atoms with Crippen LogP contribution in [0.5, 0.6) is 0 Å². The van der Waals surface area contributed by atoms with E-state index >= 15 is 0 Å². The largest absolute Gasteiger partial charge is 0.251 e. The molecule has 0 aliphatic heterocycles. The van der Waals surface area contributed by atoms with Gasteiger partial charge in [-0.05, 0) is 15.9 Å². The maximum Gasteiger partial charge on any atom is 0.251 e. The van der Waals surface area contributed by atoms with Gasteiger partial charge < -0.3 is 0 Å². The maximum atomic E-state index is 12.2. The minimum Gasteiger partial charge on any atom is -0.237 e. The van der Waals surface area contributed by atoms with Gasteiger partial charge in [-0.25, -0.2) is 9.97 Å². The molecule has 0 fully saturated rings. The van der Waals surface area contributed by atoms with Crippen LogP contribution in [0.3, 0.4) is 0 Å². The summed E-state index contributed by atoms with van der Waals surface area (Å²) in [5.41, 5.74) is 0. The van der Waals surface area contributed by atoms with E-state index in [1.54, 1.807) is 0 Å². The van der Waals surface area contributed by atoms with Gasteiger partial charge >= 0.3 is 0 Å². The second-order valence-electron chi connectivity index (χ2n) is 1.27. The van der Waals surface area contributed by atoms with Crippen LogP contribution in [0.1, 0.15) is 0 Å². The van der Waals surface area contributed by atoms with Crippen molar-refractivity contribution in [3.8, 4) is 0 Å². The van der Waals surface area contributed by atoms with Crippen LogP contribution >= 0.6 is 27.5 Å². The van der Waals surface area contributed by atoms with Crippen LogP contribution in [0.15, 0.2) is 10.8 Å². The second kappa shape index (κ2) is 2.58. The summed E-state index contributed by atoms with van der Waals surface area (Å²) in [6, 6.07) is 0. The van der Waals surface area contributed by atoms with Crippen LogP contribution in [-0.4, -0.2) is 9.97 Å². The fourth-order valence-electron chi connectivity index (χ4n) is 0.332. The topological polar surface area (TPSA) is 25.8 Å². The van der Waals surface area contributed by atoms with Gasteiger partial charge in [-0.15, -0.1) is 0 Å². The quantitative estimate of drug-likeness (QED) is 0.656. The molecule has 1 rings (SSSR count). The van der Waals surface area contributed by atoms with Crippen molar-refractivity contribution < 1.29 is 4.39 Å². The molecule has 9 heavy (non-hydrogen) atoms. The molecule has 0 saturated carbocycles. The molecule has 0 aliphatic rings. The number of halogens is 3. The van der Waals surface area contributed by atoms with E-state index < -0.39 is 5.95 Å². The summed E-state index contributed by atoms with van der Waals surface area (Å²) in [7, 11) is 0. The van der Waals surface area contributed by atoms with E-state index in [4.69, 9.17) is 11.6 Å². The van der Waals surface area contributed by atoms with E-state index in [2.05, 4.69) is 25.9 Å². The van der Waals surface area contributed by atoms with Gasteiger partial charge in [0.25, 0.3) is 5.95 Å². The maximum absolute atomic E-state index is 12.2. The predicted molar refractivity (Wildman–Crippen MR) is 34.7 cm³/mol. The summed E-state index contributed by atoms with van der Waals surface area (Å²) < 4.78 is 12.6. The van der Waals surface area contributed by atoms with Crippen molar-refractivity contribution in [2.24, 2.45) is 0 Å². The van der Waals surface area contributed by atoms with Gasteiger partial charge in [-0.1, -0.05) is 11.6 Å². The fraction of sp³-hybridized carbons (Fsp3) is 0. The third-order valence-corrected chi connectivity index (χ3v) is 1.30. The third-order valence-electron chi connectivity index (χ3n) is 0.660. The Balaban J connectivity index is 3.17. The van der Waals surface area contributed by atoms with Gasteiger partial charge in [0, 0.05) is 0 Å². The molecular formula is C4HBrClFN2. The van der Waals surface area contributed by atoms with Gasteiger partial charge in [0.15, 0.2) is 5.15 Å². The van der Waals surface area contributed by atoms with Crippen molar-refractivity contribution in [1.29, 1.82) is 0 Å². The summed E-state index contributed by atoms with van der Waals surface area (Å²) in [4.78, 5) is 6.79. The Labute approximate surface area is 64.2 Å². The lowest BCUT2D eigenvalue weighted by molar-refractivity contribution is 0.574. The summed E-state index contributed by atoms with van der Waals surface area (Å²) >= 11 is 8.14. The lowest BCUT2D eigenvalue weighted by Gasteiger charge is -1.89. The molecular weight excluding hydrogens is 210 g/mol. The second-order valence-corrected chi connectivity index (χ2v) is 2.44. The molecule has 1 aromatic heterocycles. The zero-order valence-corrected chi connectivity index (χ0v) is 6.45. The molecule has 0 bridgehead atoms. The highest BCUT2D eigenvalue weighted by Crippen LogP contribution is 2.10. The van der Waals surface area contributed by atoms with E-state index in [0.717, 1.165) is 0 Å². The first-order chi connectivity index (χ1) is 4.20. The Hall–Kier alpha value is -0.220. The zero-order chi connectivity index (χ0) is 6.85. The molecule has 0 amide bonds. The normalized spacial score (nSPS) is 9.67. The number of nitrogens with zero attached hydrogens (tertiary/aromatic N) is 2. The van der Waals surface area contributed by atoms with E-state index in [0.29, 0.717) is 4.60 Å². The highest BCUT2D eigenvalue weighted by molar-refractivity contribution is 9.10. The highest BCUT2D eigenvalue weighted by Gasteiger charge is 2.00. The van der Waals surface area contributed by atoms with Crippen molar-refractivity contribution in [2.75, 3.05) is 0 Å². The summed E-state index contributed by atoms with van der Waals surface area (Å²) in [6.07, 6.45) is 1.32. The van der Waals surface area contributed by atoms with E-state index in [1.165, 1.54) is 6.20 Å². The van der Waals surface area contributed by atoms with Gasteiger partial charge in [-0.3, -0.25) is 0 Å². The number of rotatable bonds is 0. The number of aromatic nitrogens is 2. The average molecular weight is 211 g/mol. The Kier molecular flexibility index (Phi) is 1.97. The third kappa shape index (κ3) is 1.59. The van der Waals surface area contributed by atoms with Crippen molar-refractivity contribution in [3.05, 3.63) is 21.9 Å². The fourth-order valence-corrected chi connectivity index (χ4v) is 0.681. The minimum absolute atomic E-state index is 0.210. The van der Waals surface area contributed by atoms with Gasteiger partial charge in [0.05, 0.1) is 6.20 Å². The molecule has 0 aromatic carbocycles. The lowest BCUT2D eigenvalue weighted by atomic mass is 10.7. The molecule has 0 radical (unpaired) electrons. The average Bonchev–Trinajstić information content (AvgIpc) is 1.80. The summed E-state index contributed by atoms with van der Waals surface area (Å²) in [5.74, 6) is -0.758. The Morgan fingerprint density at radius 3 is 2.78 bits per heavy atom. The molecule has 1 heterocycles. The Morgan fingerprint density at radius 1 is 1.67 bits per heavy atom. The number of hydrogen-bond acceptors (Lipinski definition) is 2. The molecule has 0 spiro atoms. The first-order valence-electron chi connectivity index (χ1n) is 2.03. The van der Waals surface area contributed by atoms with Crippen LogP contribution < -0.4 is 0 Å². The standard InChI is InChI=1S/C4HBrClFN2/c5-2-1-8-3(6)4(7)9-2/h1H. The molecule has 0 atom stereocenters. The van der Waals surface area contributed by atoms with Crippen molar-refractivity contribution in [3.63, 3.8) is 0 Å². The van der Waals surface area contributed by atoms with Gasteiger partial charge in [0.2, 0.25) is 0 Å². The highest BCUT2D eigenvalue weighted by atomic mass is 79.9. The Morgan fingerprint density at radius 2 is 2.33 bits per heavy atom. The van der Waals surface area contributed by atoms with E-state index in [9.17, 15) is 4.39 Å². The van der Waals surface area contributed by atoms with Crippen molar-refractivity contribution in [1.82, 2.24) is 9.97 Å². The Bertz CT molecular complexity index is 230. The molecule has 0 unspecified atom stereocenters. The lowest BCUT2D eigenvalue weighted by Crippen LogP contribution is -1.87. The molecule has 48 valence electrons. The SMILES string of the molecule is Fc1nc(Br)cnc1Cl. The molecule has 0 N–H and O–H groups in total. The van der Waals surface area contributed by atoms with E-state index in [-0.39, 0.29) is 5.15 Å². The van der Waals surface area contributed by atoms with Crippen LogP contribution in [0, 0.1) is 5.95 Å². The summed E-state index contributed by atoms with van der Waals surface area (Å²) in [6.45, 7) is 0. The van der Waals surface area contributed by atoms with E-state index in [1.807, 2.05) is 0 Å². The van der Waals surface area contributed by atoms with Crippen LogP contribution in [-0.2, 0) is 0 Å². The molecule has 5 heteroatoms. The minimum atomic E-state index is -0.758. The molecule has 0 aliphatic carbocycles. The summed E-state index contributed by atoms with van der Waals surface area (Å²) in [5, 5.41) is -0.210. The number of hydrogen-bond donors (Lipinski definition) is 0.